The van der Waals surface area contributed by atoms with Crippen molar-refractivity contribution in [3.63, 3.8) is 0 Å². The van der Waals surface area contributed by atoms with Crippen molar-refractivity contribution in [3.8, 4) is 0 Å². The lowest BCUT2D eigenvalue weighted by Gasteiger charge is -2.09. The number of carbonyl (C=O) groups excluding carboxylic acids is 1. The lowest BCUT2D eigenvalue weighted by Crippen LogP contribution is -3.00. The number of rotatable bonds is 4. The van der Waals surface area contributed by atoms with E-state index < -0.39 is 11.0 Å². The Hall–Kier alpha value is -2.28. The number of nitrogens with zero attached hydrogens (tertiary/aromatic N) is 2. The zero-order chi connectivity index (χ0) is 16.3. The van der Waals surface area contributed by atoms with Crippen molar-refractivity contribution < 1.29 is 31.3 Å². The number of anilines is 1. The van der Waals surface area contributed by atoms with Crippen LogP contribution in [0.3, 0.4) is 0 Å². The molecule has 1 amide bonds. The summed E-state index contributed by atoms with van der Waals surface area (Å²) in [6.45, 7) is 5.39. The van der Waals surface area contributed by atoms with E-state index in [0.29, 0.717) is 11.3 Å². The lowest BCUT2D eigenvalue weighted by molar-refractivity contribution is -0.705. The highest BCUT2D eigenvalue weighted by Crippen LogP contribution is 2.22. The molecule has 122 valence electrons. The van der Waals surface area contributed by atoms with E-state index in [2.05, 4.69) is 5.32 Å². The van der Waals surface area contributed by atoms with E-state index in [1.807, 2.05) is 31.5 Å². The topological polar surface area (TPSA) is 76.1 Å². The predicted molar refractivity (Wildman–Crippen MR) is 82.5 cm³/mol. The average Bonchev–Trinajstić information content (AvgIpc) is 2.48. The second-order valence-electron chi connectivity index (χ2n) is 5.25. The Kier molecular flexibility index (Phi) is 6.38. The van der Waals surface area contributed by atoms with Gasteiger partial charge >= 0.3 is 0 Å². The van der Waals surface area contributed by atoms with E-state index in [4.69, 9.17) is 0 Å². The van der Waals surface area contributed by atoms with E-state index in [1.165, 1.54) is 6.07 Å². The van der Waals surface area contributed by atoms with Crippen molar-refractivity contribution in [2.45, 2.75) is 26.8 Å². The minimum absolute atomic E-state index is 0. The molecule has 0 spiro atoms. The monoisotopic (exact) mass is 379 g/mol. The molecule has 0 fully saturated rings. The molecule has 1 aromatic heterocycles. The van der Waals surface area contributed by atoms with E-state index >= 15 is 0 Å². The van der Waals surface area contributed by atoms with Crippen LogP contribution in [0.2, 0.25) is 0 Å². The molecule has 0 aliphatic heterocycles. The highest BCUT2D eigenvalue weighted by Gasteiger charge is 2.22. The molecular formula is C16H18BrN3O3. The van der Waals surface area contributed by atoms with Gasteiger partial charge in [0, 0.05) is 35.9 Å². The first-order chi connectivity index (χ1) is 10.4. The smallest absolute Gasteiger partial charge is 0.293 e. The molecule has 0 saturated heterocycles. The number of aromatic nitrogens is 1. The summed E-state index contributed by atoms with van der Waals surface area (Å²) in [5.41, 5.74) is 2.02. The molecule has 1 unspecified atom stereocenters. The normalized spacial score (nSPS) is 11.3. The molecule has 0 radical (unpaired) electrons. The molecular weight excluding hydrogens is 362 g/mol. The Morgan fingerprint density at radius 2 is 2.00 bits per heavy atom. The fourth-order valence-electron chi connectivity index (χ4n) is 2.12. The first-order valence-electron chi connectivity index (χ1n) is 6.92. The van der Waals surface area contributed by atoms with Gasteiger partial charge in [-0.1, -0.05) is 6.07 Å². The maximum atomic E-state index is 12.3. The summed E-state index contributed by atoms with van der Waals surface area (Å²) < 4.78 is 1.80. The molecule has 0 bridgehead atoms. The third-order valence-corrected chi connectivity index (χ3v) is 3.47. The summed E-state index contributed by atoms with van der Waals surface area (Å²) in [6, 6.07) is 8.06. The largest absolute Gasteiger partial charge is 1.00 e. The number of amides is 1. The van der Waals surface area contributed by atoms with Crippen molar-refractivity contribution in [3.05, 3.63) is 64.0 Å². The van der Waals surface area contributed by atoms with Crippen molar-refractivity contribution in [2.75, 3.05) is 5.32 Å². The summed E-state index contributed by atoms with van der Waals surface area (Å²) in [5.74, 6) is -0.228. The molecule has 0 aliphatic carbocycles. The van der Waals surface area contributed by atoms with Crippen LogP contribution in [-0.2, 0) is 4.79 Å². The minimum Gasteiger partial charge on any atom is -1.00 e. The number of benzene rings is 1. The van der Waals surface area contributed by atoms with Crippen LogP contribution in [0.5, 0.6) is 0 Å². The van der Waals surface area contributed by atoms with Crippen molar-refractivity contribution >= 4 is 17.3 Å². The molecule has 7 heteroatoms. The maximum absolute atomic E-state index is 12.3. The third kappa shape index (κ3) is 4.59. The minimum atomic E-state index is -0.455. The second kappa shape index (κ2) is 7.82. The molecule has 23 heavy (non-hydrogen) atoms. The lowest BCUT2D eigenvalue weighted by atomic mass is 10.1. The number of carbonyl (C=O) groups is 1. The third-order valence-electron chi connectivity index (χ3n) is 3.47. The molecule has 1 aromatic carbocycles. The van der Waals surface area contributed by atoms with E-state index in [1.54, 1.807) is 30.5 Å². The van der Waals surface area contributed by atoms with Gasteiger partial charge in [-0.2, -0.15) is 4.57 Å². The fraction of sp³-hybridized carbons (Fsp3) is 0.250. The van der Waals surface area contributed by atoms with Gasteiger partial charge < -0.3 is 22.3 Å². The van der Waals surface area contributed by atoms with Crippen molar-refractivity contribution in [1.82, 2.24) is 0 Å². The van der Waals surface area contributed by atoms with Gasteiger partial charge in [0.15, 0.2) is 12.4 Å². The van der Waals surface area contributed by atoms with Gasteiger partial charge in [0.05, 0.1) is 4.92 Å². The van der Waals surface area contributed by atoms with Gasteiger partial charge in [-0.3, -0.25) is 14.9 Å². The Morgan fingerprint density at radius 3 is 2.61 bits per heavy atom. The molecule has 1 heterocycles. The van der Waals surface area contributed by atoms with Gasteiger partial charge in [0.25, 0.3) is 11.6 Å². The Labute approximate surface area is 145 Å². The summed E-state index contributed by atoms with van der Waals surface area (Å²) in [6.07, 6.45) is 3.69. The number of halogens is 1. The SMILES string of the molecule is Cc1ccc[n+](C(C)C(=O)Nc2ccc(C)c([N+](=O)[O-])c2)c1.[Br-]. The van der Waals surface area contributed by atoms with Gasteiger partial charge in [0.1, 0.15) is 0 Å². The molecule has 0 saturated carbocycles. The quantitative estimate of drug-likeness (QED) is 0.450. The number of nitro benzene ring substituents is 1. The van der Waals surface area contributed by atoms with Gasteiger partial charge in [-0.25, -0.2) is 0 Å². The second-order valence-corrected chi connectivity index (χ2v) is 5.25. The number of aryl methyl sites for hydroxylation is 2. The molecule has 0 aliphatic rings. The first kappa shape index (κ1) is 18.8. The fourth-order valence-corrected chi connectivity index (χ4v) is 2.12. The number of nitrogens with one attached hydrogen (secondary N) is 1. The van der Waals surface area contributed by atoms with Crippen LogP contribution in [-0.4, -0.2) is 10.8 Å². The van der Waals surface area contributed by atoms with Crippen LogP contribution >= 0.6 is 0 Å². The van der Waals surface area contributed by atoms with Gasteiger partial charge in [-0.15, -0.1) is 0 Å². The zero-order valence-corrected chi connectivity index (χ0v) is 14.7. The predicted octanol–water partition coefficient (Wildman–Crippen LogP) is -0.297. The Balaban J connectivity index is 0.00000264. The molecule has 1 atom stereocenters. The summed E-state index contributed by atoms with van der Waals surface area (Å²) in [7, 11) is 0. The maximum Gasteiger partial charge on any atom is 0.293 e. The highest BCUT2D eigenvalue weighted by atomic mass is 79.9. The van der Waals surface area contributed by atoms with Gasteiger partial charge in [-0.05, 0) is 26.0 Å². The van der Waals surface area contributed by atoms with Crippen LogP contribution in [0.4, 0.5) is 11.4 Å². The number of pyridine rings is 1. The number of hydrogen-bond donors (Lipinski definition) is 1. The summed E-state index contributed by atoms with van der Waals surface area (Å²) >= 11 is 0. The molecule has 6 nitrogen and oxygen atoms in total. The first-order valence-corrected chi connectivity index (χ1v) is 6.92. The van der Waals surface area contributed by atoms with Crippen LogP contribution in [0, 0.1) is 24.0 Å². The van der Waals surface area contributed by atoms with E-state index in [-0.39, 0.29) is 28.6 Å². The zero-order valence-electron chi connectivity index (χ0n) is 13.1. The van der Waals surface area contributed by atoms with E-state index in [9.17, 15) is 14.9 Å². The Bertz CT molecular complexity index is 734. The van der Waals surface area contributed by atoms with Crippen LogP contribution in [0.1, 0.15) is 24.1 Å². The van der Waals surface area contributed by atoms with Crippen LogP contribution < -0.4 is 26.9 Å². The molecule has 2 aromatic rings. The Morgan fingerprint density at radius 1 is 1.30 bits per heavy atom. The van der Waals surface area contributed by atoms with Crippen LogP contribution in [0.15, 0.2) is 42.7 Å². The van der Waals surface area contributed by atoms with Crippen molar-refractivity contribution in [1.29, 1.82) is 0 Å². The summed E-state index contributed by atoms with van der Waals surface area (Å²) in [4.78, 5) is 22.8. The number of hydrogen-bond acceptors (Lipinski definition) is 3. The molecule has 1 N–H and O–H groups in total. The highest BCUT2D eigenvalue weighted by molar-refractivity contribution is 5.92. The van der Waals surface area contributed by atoms with E-state index in [0.717, 1.165) is 5.56 Å². The summed E-state index contributed by atoms with van der Waals surface area (Å²) in [5, 5.41) is 13.7. The molecule has 2 rings (SSSR count). The number of nitro groups is 1. The van der Waals surface area contributed by atoms with Crippen molar-refractivity contribution in [2.24, 2.45) is 0 Å². The average molecular weight is 380 g/mol. The standard InChI is InChI=1S/C16H17N3O3.BrH/c1-11-5-4-8-18(10-11)13(3)16(20)17-14-7-6-12(2)15(9-14)19(21)22;/h4-10,13H,1-3H3;1H. The van der Waals surface area contributed by atoms with Crippen LogP contribution in [0.25, 0.3) is 0 Å². The van der Waals surface area contributed by atoms with Gasteiger partial charge in [0.2, 0.25) is 6.04 Å².